The summed E-state index contributed by atoms with van der Waals surface area (Å²) in [4.78, 5) is 16.3. The Balaban J connectivity index is 2.29. The van der Waals surface area contributed by atoms with E-state index in [1.807, 2.05) is 6.92 Å². The van der Waals surface area contributed by atoms with Gasteiger partial charge in [-0.1, -0.05) is 42.8 Å². The van der Waals surface area contributed by atoms with E-state index >= 15 is 0 Å². The molecule has 1 aromatic heterocycles. The van der Waals surface area contributed by atoms with Gasteiger partial charge in [-0.15, -0.1) is 0 Å². The van der Waals surface area contributed by atoms with Crippen LogP contribution in [0.2, 0.25) is 0 Å². The summed E-state index contributed by atoms with van der Waals surface area (Å²) < 4.78 is 40.9. The zero-order chi connectivity index (χ0) is 17.5. The molecule has 24 heavy (non-hydrogen) atoms. The van der Waals surface area contributed by atoms with Crippen molar-refractivity contribution in [2.75, 3.05) is 0 Å². The number of benzene rings is 1. The van der Waals surface area contributed by atoms with Crippen molar-refractivity contribution in [3.8, 4) is 0 Å². The van der Waals surface area contributed by atoms with Crippen LogP contribution in [0.3, 0.4) is 0 Å². The fraction of sp³-hybridized carbons (Fsp3) is 0.312. The molecule has 1 N–H and O–H groups in total. The molecule has 3 rings (SSSR count). The summed E-state index contributed by atoms with van der Waals surface area (Å²) >= 11 is 0. The first-order valence-electron chi connectivity index (χ1n) is 7.44. The zero-order valence-corrected chi connectivity index (χ0v) is 12.8. The molecule has 0 atom stereocenters. The smallest absolute Gasteiger partial charge is 0.410 e. The minimum Gasteiger partial charge on any atom is -0.410 e. The number of rotatable bonds is 3. The topological polar surface area (TPSA) is 67.5 Å². The number of ketones is 1. The van der Waals surface area contributed by atoms with E-state index in [-0.39, 0.29) is 34.8 Å². The lowest BCUT2D eigenvalue weighted by molar-refractivity contribution is -0.147. The van der Waals surface area contributed by atoms with Crippen molar-refractivity contribution in [3.05, 3.63) is 52.6 Å². The minimum absolute atomic E-state index is 0.0142. The molecule has 0 amide bonds. The standard InChI is InChI=1S/C16H14F3N3O2/c1-2-3-8-22-13-12(20-15(22)16(17,18)19)11(21-24)9-6-4-5-7-10(9)14(13)23/h4-7,24H,2-3,8H2,1H3/b21-11+. The number of fused-ring (bicyclic) bond motifs is 2. The third-order valence-electron chi connectivity index (χ3n) is 3.92. The summed E-state index contributed by atoms with van der Waals surface area (Å²) in [6.45, 7) is 1.86. The van der Waals surface area contributed by atoms with Gasteiger partial charge >= 0.3 is 6.18 Å². The van der Waals surface area contributed by atoms with Crippen LogP contribution in [0.15, 0.2) is 29.4 Å². The molecule has 1 aliphatic rings. The zero-order valence-electron chi connectivity index (χ0n) is 12.8. The molecule has 1 heterocycles. The Kier molecular flexibility index (Phi) is 3.90. The van der Waals surface area contributed by atoms with E-state index in [1.165, 1.54) is 12.1 Å². The maximum atomic E-state index is 13.4. The highest BCUT2D eigenvalue weighted by molar-refractivity contribution is 6.28. The number of nitrogens with zero attached hydrogens (tertiary/aromatic N) is 3. The lowest BCUT2D eigenvalue weighted by atomic mass is 9.89. The molecule has 0 unspecified atom stereocenters. The van der Waals surface area contributed by atoms with Crippen LogP contribution in [0.1, 0.15) is 52.9 Å². The first-order chi connectivity index (χ1) is 11.4. The molecular formula is C16H14F3N3O2. The summed E-state index contributed by atoms with van der Waals surface area (Å²) in [6.07, 6.45) is -3.58. The maximum Gasteiger partial charge on any atom is 0.449 e. The van der Waals surface area contributed by atoms with Gasteiger partial charge in [0.2, 0.25) is 11.6 Å². The third-order valence-corrected chi connectivity index (χ3v) is 3.92. The van der Waals surface area contributed by atoms with Crippen molar-refractivity contribution in [2.45, 2.75) is 32.5 Å². The van der Waals surface area contributed by atoms with Gasteiger partial charge in [0, 0.05) is 17.7 Å². The van der Waals surface area contributed by atoms with Crippen molar-refractivity contribution in [1.29, 1.82) is 0 Å². The van der Waals surface area contributed by atoms with E-state index in [1.54, 1.807) is 12.1 Å². The number of carbonyl (C=O) groups excluding carboxylic acids is 1. The second-order valence-corrected chi connectivity index (χ2v) is 5.46. The third kappa shape index (κ3) is 2.38. The van der Waals surface area contributed by atoms with Crippen LogP contribution >= 0.6 is 0 Å². The van der Waals surface area contributed by atoms with Gasteiger partial charge in [0.05, 0.1) is 0 Å². The first-order valence-corrected chi connectivity index (χ1v) is 7.44. The van der Waals surface area contributed by atoms with Crippen LogP contribution in [0.5, 0.6) is 0 Å². The van der Waals surface area contributed by atoms with Crippen molar-refractivity contribution in [3.63, 3.8) is 0 Å². The maximum absolute atomic E-state index is 13.4. The Hall–Kier alpha value is -2.64. The van der Waals surface area contributed by atoms with Crippen LogP contribution in [-0.2, 0) is 12.7 Å². The Morgan fingerprint density at radius 1 is 1.25 bits per heavy atom. The highest BCUT2D eigenvalue weighted by Crippen LogP contribution is 2.35. The van der Waals surface area contributed by atoms with Gasteiger partial charge in [0.1, 0.15) is 17.1 Å². The number of imidazole rings is 1. The molecule has 0 saturated heterocycles. The number of carbonyl (C=O) groups is 1. The van der Waals surface area contributed by atoms with Crippen LogP contribution < -0.4 is 0 Å². The molecular weight excluding hydrogens is 323 g/mol. The molecule has 1 aliphatic carbocycles. The Labute approximate surface area is 135 Å². The second-order valence-electron chi connectivity index (χ2n) is 5.46. The van der Waals surface area contributed by atoms with Crippen molar-refractivity contribution in [2.24, 2.45) is 5.16 Å². The Bertz CT molecular complexity index is 838. The van der Waals surface area contributed by atoms with Gasteiger partial charge in [0.25, 0.3) is 0 Å². The van der Waals surface area contributed by atoms with Gasteiger partial charge in [-0.2, -0.15) is 13.2 Å². The molecule has 0 bridgehead atoms. The largest absolute Gasteiger partial charge is 0.449 e. The van der Waals surface area contributed by atoms with Gasteiger partial charge in [-0.25, -0.2) is 4.98 Å². The molecule has 5 nitrogen and oxygen atoms in total. The molecule has 8 heteroatoms. The first kappa shape index (κ1) is 16.2. The van der Waals surface area contributed by atoms with Gasteiger partial charge in [0.15, 0.2) is 0 Å². The number of hydrogen-bond acceptors (Lipinski definition) is 4. The number of unbranched alkanes of at least 4 members (excludes halogenated alkanes) is 1. The van der Waals surface area contributed by atoms with Crippen LogP contribution in [0.25, 0.3) is 0 Å². The summed E-state index contributed by atoms with van der Waals surface area (Å²) in [7, 11) is 0. The van der Waals surface area contributed by atoms with E-state index < -0.39 is 17.8 Å². The summed E-state index contributed by atoms with van der Waals surface area (Å²) in [5.74, 6) is -1.70. The van der Waals surface area contributed by atoms with Gasteiger partial charge < -0.3 is 9.77 Å². The SMILES string of the molecule is CCCCn1c(C(F)(F)F)nc2c1C(=O)c1ccccc1/C2=N\O. The normalized spacial score (nSPS) is 15.5. The van der Waals surface area contributed by atoms with Crippen molar-refractivity contribution >= 4 is 11.5 Å². The average Bonchev–Trinajstić information content (AvgIpc) is 2.93. The second kappa shape index (κ2) is 5.77. The Morgan fingerprint density at radius 3 is 2.50 bits per heavy atom. The highest BCUT2D eigenvalue weighted by Gasteiger charge is 2.43. The predicted octanol–water partition coefficient (Wildman–Crippen LogP) is 3.47. The monoisotopic (exact) mass is 337 g/mol. The summed E-state index contributed by atoms with van der Waals surface area (Å²) in [5.41, 5.74) is -0.0663. The summed E-state index contributed by atoms with van der Waals surface area (Å²) in [6, 6.07) is 6.23. The number of oxime groups is 1. The molecule has 2 aromatic rings. The Morgan fingerprint density at radius 2 is 1.92 bits per heavy atom. The molecule has 0 radical (unpaired) electrons. The van der Waals surface area contributed by atoms with Crippen molar-refractivity contribution in [1.82, 2.24) is 9.55 Å². The molecule has 1 aromatic carbocycles. The minimum atomic E-state index is -4.71. The number of aromatic nitrogens is 2. The lowest BCUT2D eigenvalue weighted by Crippen LogP contribution is -2.24. The summed E-state index contributed by atoms with van der Waals surface area (Å²) in [5, 5.41) is 12.4. The number of hydrogen-bond donors (Lipinski definition) is 1. The fourth-order valence-corrected chi connectivity index (χ4v) is 2.84. The van der Waals surface area contributed by atoms with Gasteiger partial charge in [-0.05, 0) is 6.42 Å². The molecule has 0 fully saturated rings. The van der Waals surface area contributed by atoms with Crippen LogP contribution in [0.4, 0.5) is 13.2 Å². The van der Waals surface area contributed by atoms with Crippen molar-refractivity contribution < 1.29 is 23.2 Å². The van der Waals surface area contributed by atoms with E-state index in [0.717, 1.165) is 4.57 Å². The highest BCUT2D eigenvalue weighted by atomic mass is 19.4. The van der Waals surface area contributed by atoms with E-state index in [9.17, 15) is 23.2 Å². The molecule has 0 aliphatic heterocycles. The number of alkyl halides is 3. The molecule has 0 saturated carbocycles. The van der Waals surface area contributed by atoms with E-state index in [4.69, 9.17) is 0 Å². The lowest BCUT2D eigenvalue weighted by Gasteiger charge is -2.18. The van der Waals surface area contributed by atoms with Crippen LogP contribution in [0, 0.1) is 0 Å². The average molecular weight is 337 g/mol. The number of halogens is 3. The molecule has 0 spiro atoms. The van der Waals surface area contributed by atoms with E-state index in [0.29, 0.717) is 12.8 Å². The van der Waals surface area contributed by atoms with Gasteiger partial charge in [-0.3, -0.25) is 4.79 Å². The fourth-order valence-electron chi connectivity index (χ4n) is 2.84. The molecule has 126 valence electrons. The van der Waals surface area contributed by atoms with Crippen LogP contribution in [-0.4, -0.2) is 26.3 Å². The predicted molar refractivity (Wildman–Crippen MR) is 79.4 cm³/mol. The quantitative estimate of drug-likeness (QED) is 0.588. The van der Waals surface area contributed by atoms with E-state index in [2.05, 4.69) is 10.1 Å².